The highest BCUT2D eigenvalue weighted by Crippen LogP contribution is 2.25. The van der Waals surface area contributed by atoms with Gasteiger partial charge in [0.1, 0.15) is 6.10 Å². The standard InChI is InChI=1S/C23H32N4O.HI/c1-18-9-5-8-12-21(18)22-17-27(13-14-28-22)23(24-2)25-15-19-10-6-7-11-20(19)16-26(3)4;/h5-12,22H,13-17H2,1-4H3,(H,24,25);1H. The highest BCUT2D eigenvalue weighted by Gasteiger charge is 2.25. The summed E-state index contributed by atoms with van der Waals surface area (Å²) in [4.78, 5) is 9.03. The molecule has 0 amide bonds. The smallest absolute Gasteiger partial charge is 0.194 e. The Labute approximate surface area is 192 Å². The summed E-state index contributed by atoms with van der Waals surface area (Å²) < 4.78 is 6.07. The van der Waals surface area contributed by atoms with Gasteiger partial charge in [-0.1, -0.05) is 48.5 Å². The molecule has 2 aromatic rings. The molecule has 0 bridgehead atoms. The predicted molar refractivity (Wildman–Crippen MR) is 131 cm³/mol. The third kappa shape index (κ3) is 6.42. The van der Waals surface area contributed by atoms with Crippen molar-refractivity contribution in [2.45, 2.75) is 26.1 Å². The maximum absolute atomic E-state index is 6.07. The molecule has 158 valence electrons. The number of benzene rings is 2. The Balaban J connectivity index is 0.00000300. The average molecular weight is 508 g/mol. The fraction of sp³-hybridized carbons (Fsp3) is 0.435. The van der Waals surface area contributed by atoms with Gasteiger partial charge in [-0.15, -0.1) is 24.0 Å². The second-order valence-corrected chi connectivity index (χ2v) is 7.57. The van der Waals surface area contributed by atoms with Crippen LogP contribution >= 0.6 is 24.0 Å². The van der Waals surface area contributed by atoms with E-state index in [1.165, 1.54) is 22.3 Å². The van der Waals surface area contributed by atoms with E-state index in [9.17, 15) is 0 Å². The van der Waals surface area contributed by atoms with E-state index in [4.69, 9.17) is 4.74 Å². The van der Waals surface area contributed by atoms with E-state index < -0.39 is 0 Å². The highest BCUT2D eigenvalue weighted by molar-refractivity contribution is 14.0. The van der Waals surface area contributed by atoms with Gasteiger partial charge in [-0.05, 0) is 43.3 Å². The lowest BCUT2D eigenvalue weighted by atomic mass is 10.0. The predicted octanol–water partition coefficient (Wildman–Crippen LogP) is 3.82. The van der Waals surface area contributed by atoms with Crippen LogP contribution in [0.15, 0.2) is 53.5 Å². The first-order chi connectivity index (χ1) is 13.6. The lowest BCUT2D eigenvalue weighted by Gasteiger charge is -2.36. The van der Waals surface area contributed by atoms with Crippen molar-refractivity contribution in [3.63, 3.8) is 0 Å². The maximum Gasteiger partial charge on any atom is 0.194 e. The molecule has 1 heterocycles. The summed E-state index contributed by atoms with van der Waals surface area (Å²) in [5.41, 5.74) is 5.19. The first-order valence-corrected chi connectivity index (χ1v) is 9.92. The molecule has 3 rings (SSSR count). The molecule has 6 heteroatoms. The Bertz CT molecular complexity index is 809. The molecule has 1 N–H and O–H groups in total. The Morgan fingerprint density at radius 3 is 2.52 bits per heavy atom. The molecular weight excluding hydrogens is 475 g/mol. The second-order valence-electron chi connectivity index (χ2n) is 7.57. The second kappa shape index (κ2) is 11.5. The summed E-state index contributed by atoms with van der Waals surface area (Å²) in [7, 11) is 6.05. The fourth-order valence-electron chi connectivity index (χ4n) is 3.71. The molecule has 2 aromatic carbocycles. The molecule has 0 saturated carbocycles. The Morgan fingerprint density at radius 1 is 1.14 bits per heavy atom. The first-order valence-electron chi connectivity index (χ1n) is 9.92. The van der Waals surface area contributed by atoms with Gasteiger partial charge in [-0.25, -0.2) is 0 Å². The lowest BCUT2D eigenvalue weighted by Crippen LogP contribution is -2.48. The zero-order valence-corrected chi connectivity index (χ0v) is 20.2. The maximum atomic E-state index is 6.07. The molecule has 1 atom stereocenters. The van der Waals surface area contributed by atoms with Crippen LogP contribution in [0.4, 0.5) is 0 Å². The summed E-state index contributed by atoms with van der Waals surface area (Å²) in [6, 6.07) is 17.1. The van der Waals surface area contributed by atoms with Crippen molar-refractivity contribution < 1.29 is 4.74 Å². The van der Waals surface area contributed by atoms with Crippen molar-refractivity contribution in [2.24, 2.45) is 4.99 Å². The van der Waals surface area contributed by atoms with Crippen molar-refractivity contribution in [3.8, 4) is 0 Å². The number of ether oxygens (including phenoxy) is 1. The van der Waals surface area contributed by atoms with E-state index in [1.807, 2.05) is 7.05 Å². The SMILES string of the molecule is CN=C(NCc1ccccc1CN(C)C)N1CCOC(c2ccccc2C)C1.I. The Kier molecular flexibility index (Phi) is 9.39. The topological polar surface area (TPSA) is 40.1 Å². The molecule has 5 nitrogen and oxygen atoms in total. The minimum Gasteiger partial charge on any atom is -0.370 e. The highest BCUT2D eigenvalue weighted by atomic mass is 127. The van der Waals surface area contributed by atoms with Crippen LogP contribution in [0.1, 0.15) is 28.4 Å². The van der Waals surface area contributed by atoms with Crippen molar-refractivity contribution >= 4 is 29.9 Å². The van der Waals surface area contributed by atoms with E-state index in [-0.39, 0.29) is 30.1 Å². The normalized spacial score (nSPS) is 17.2. The summed E-state index contributed by atoms with van der Waals surface area (Å²) >= 11 is 0. The van der Waals surface area contributed by atoms with Gasteiger partial charge in [-0.3, -0.25) is 4.99 Å². The van der Waals surface area contributed by atoms with E-state index >= 15 is 0 Å². The summed E-state index contributed by atoms with van der Waals surface area (Å²) in [5, 5.41) is 3.56. The van der Waals surface area contributed by atoms with Crippen molar-refractivity contribution in [3.05, 3.63) is 70.8 Å². The number of rotatable bonds is 5. The minimum atomic E-state index is 0. The lowest BCUT2D eigenvalue weighted by molar-refractivity contribution is -0.00834. The molecular formula is C23H33IN4O. The van der Waals surface area contributed by atoms with E-state index in [2.05, 4.69) is 89.7 Å². The van der Waals surface area contributed by atoms with E-state index in [0.29, 0.717) is 6.61 Å². The number of hydrogen-bond donors (Lipinski definition) is 1. The number of hydrogen-bond acceptors (Lipinski definition) is 3. The first kappa shape index (κ1) is 23.6. The van der Waals surface area contributed by atoms with Crippen molar-refractivity contribution in [2.75, 3.05) is 40.8 Å². The number of nitrogens with zero attached hydrogens (tertiary/aromatic N) is 3. The number of halogens is 1. The van der Waals surface area contributed by atoms with Crippen LogP contribution in [0.3, 0.4) is 0 Å². The van der Waals surface area contributed by atoms with Gasteiger partial charge < -0.3 is 19.9 Å². The van der Waals surface area contributed by atoms with Crippen molar-refractivity contribution in [1.82, 2.24) is 15.1 Å². The number of nitrogens with one attached hydrogen (secondary N) is 1. The van der Waals surface area contributed by atoms with Gasteiger partial charge in [0.05, 0.1) is 13.2 Å². The molecule has 1 fully saturated rings. The van der Waals surface area contributed by atoms with Gasteiger partial charge in [0.2, 0.25) is 0 Å². The van der Waals surface area contributed by atoms with Crippen LogP contribution in [0, 0.1) is 6.92 Å². The van der Waals surface area contributed by atoms with Crippen LogP contribution in [0.2, 0.25) is 0 Å². The fourth-order valence-corrected chi connectivity index (χ4v) is 3.71. The van der Waals surface area contributed by atoms with Gasteiger partial charge >= 0.3 is 0 Å². The molecule has 1 unspecified atom stereocenters. The van der Waals surface area contributed by atoms with Crippen LogP contribution < -0.4 is 5.32 Å². The van der Waals surface area contributed by atoms with Crippen LogP contribution in [0.25, 0.3) is 0 Å². The molecule has 29 heavy (non-hydrogen) atoms. The van der Waals surface area contributed by atoms with Gasteiger partial charge in [-0.2, -0.15) is 0 Å². The number of morpholine rings is 1. The van der Waals surface area contributed by atoms with Crippen LogP contribution in [-0.2, 0) is 17.8 Å². The van der Waals surface area contributed by atoms with Crippen LogP contribution in [0.5, 0.6) is 0 Å². The average Bonchev–Trinajstić information content (AvgIpc) is 2.70. The van der Waals surface area contributed by atoms with Gasteiger partial charge in [0.25, 0.3) is 0 Å². The molecule has 0 aliphatic carbocycles. The molecule has 0 aromatic heterocycles. The Hall–Kier alpha value is -1.64. The molecule has 1 aliphatic rings. The molecule has 0 spiro atoms. The number of aryl methyl sites for hydroxylation is 1. The zero-order chi connectivity index (χ0) is 19.9. The largest absolute Gasteiger partial charge is 0.370 e. The minimum absolute atomic E-state index is 0. The quantitative estimate of drug-likeness (QED) is 0.379. The molecule has 0 radical (unpaired) electrons. The third-order valence-electron chi connectivity index (χ3n) is 5.16. The monoisotopic (exact) mass is 508 g/mol. The van der Waals surface area contributed by atoms with Crippen molar-refractivity contribution in [1.29, 1.82) is 0 Å². The van der Waals surface area contributed by atoms with E-state index in [1.54, 1.807) is 0 Å². The van der Waals surface area contributed by atoms with Gasteiger partial charge in [0, 0.05) is 26.7 Å². The number of guanidine groups is 1. The summed E-state index contributed by atoms with van der Waals surface area (Å²) in [5.74, 6) is 0.932. The zero-order valence-electron chi connectivity index (χ0n) is 17.9. The van der Waals surface area contributed by atoms with Gasteiger partial charge in [0.15, 0.2) is 5.96 Å². The third-order valence-corrected chi connectivity index (χ3v) is 5.16. The molecule has 1 aliphatic heterocycles. The van der Waals surface area contributed by atoms with Crippen LogP contribution in [-0.4, -0.2) is 56.6 Å². The van der Waals surface area contributed by atoms with E-state index in [0.717, 1.165) is 32.1 Å². The summed E-state index contributed by atoms with van der Waals surface area (Å²) in [6.45, 7) is 6.21. The molecule has 1 saturated heterocycles. The number of aliphatic imine (C=N–C) groups is 1. The Morgan fingerprint density at radius 2 is 1.83 bits per heavy atom. The summed E-state index contributed by atoms with van der Waals surface area (Å²) in [6.07, 6.45) is 0.0783.